The summed E-state index contributed by atoms with van der Waals surface area (Å²) in [4.78, 5) is 12.7. The van der Waals surface area contributed by atoms with Crippen LogP contribution in [0.3, 0.4) is 0 Å². The molecule has 1 aromatic carbocycles. The van der Waals surface area contributed by atoms with Gasteiger partial charge >= 0.3 is 0 Å². The highest BCUT2D eigenvalue weighted by Crippen LogP contribution is 2.19. The molecule has 0 radical (unpaired) electrons. The normalized spacial score (nSPS) is 12.1. The highest BCUT2D eigenvalue weighted by atomic mass is 19.1. The molecule has 0 fully saturated rings. The van der Waals surface area contributed by atoms with Gasteiger partial charge in [0, 0.05) is 20.1 Å². The third kappa shape index (κ3) is 4.87. The lowest BCUT2D eigenvalue weighted by molar-refractivity contribution is -0.130. The minimum Gasteiger partial charge on any atom is -0.481 e. The van der Waals surface area contributed by atoms with E-state index < -0.39 is 5.82 Å². The summed E-state index contributed by atoms with van der Waals surface area (Å²) in [6.07, 6.45) is 1.47. The zero-order valence-electron chi connectivity index (χ0n) is 11.6. The topological polar surface area (TPSA) is 55.6 Å². The lowest BCUT2D eigenvalue weighted by Crippen LogP contribution is -2.27. The molecule has 1 rings (SSSR count). The van der Waals surface area contributed by atoms with Crippen LogP contribution in [0.25, 0.3) is 0 Å². The van der Waals surface area contributed by atoms with Crippen LogP contribution in [0.1, 0.15) is 18.9 Å². The Morgan fingerprint density at radius 2 is 2.16 bits per heavy atom. The number of likely N-dealkylation sites (N-methyl/N-ethyl adjacent to an activating group) is 1. The SMILES string of the molecule is CCC(N)Cc1ccc(OCC(=O)N(C)C)c(F)c1. The molecule has 0 saturated heterocycles. The molecule has 0 bridgehead atoms. The van der Waals surface area contributed by atoms with E-state index in [-0.39, 0.29) is 24.3 Å². The molecule has 1 amide bonds. The highest BCUT2D eigenvalue weighted by molar-refractivity contribution is 5.77. The summed E-state index contributed by atoms with van der Waals surface area (Å²) in [6, 6.07) is 4.75. The van der Waals surface area contributed by atoms with Crippen molar-refractivity contribution >= 4 is 5.91 Å². The fraction of sp³-hybridized carbons (Fsp3) is 0.500. The number of carbonyl (C=O) groups excluding carboxylic acids is 1. The summed E-state index contributed by atoms with van der Waals surface area (Å²) >= 11 is 0. The van der Waals surface area contributed by atoms with Gasteiger partial charge in [-0.25, -0.2) is 4.39 Å². The van der Waals surface area contributed by atoms with Crippen LogP contribution in [0, 0.1) is 5.82 Å². The first-order valence-corrected chi connectivity index (χ1v) is 6.31. The number of ether oxygens (including phenoxy) is 1. The molecule has 1 atom stereocenters. The van der Waals surface area contributed by atoms with Crippen molar-refractivity contribution in [2.45, 2.75) is 25.8 Å². The van der Waals surface area contributed by atoms with Crippen molar-refractivity contribution in [3.63, 3.8) is 0 Å². The molecule has 5 heteroatoms. The van der Waals surface area contributed by atoms with Gasteiger partial charge in [0.2, 0.25) is 0 Å². The van der Waals surface area contributed by atoms with Crippen LogP contribution >= 0.6 is 0 Å². The van der Waals surface area contributed by atoms with Gasteiger partial charge in [-0.2, -0.15) is 0 Å². The van der Waals surface area contributed by atoms with Crippen LogP contribution < -0.4 is 10.5 Å². The van der Waals surface area contributed by atoms with E-state index in [1.54, 1.807) is 20.2 Å². The number of nitrogens with zero attached hydrogens (tertiary/aromatic N) is 1. The van der Waals surface area contributed by atoms with Gasteiger partial charge in [0.25, 0.3) is 5.91 Å². The van der Waals surface area contributed by atoms with Gasteiger partial charge in [-0.1, -0.05) is 13.0 Å². The average molecular weight is 268 g/mol. The second kappa shape index (κ2) is 7.09. The Labute approximate surface area is 113 Å². The van der Waals surface area contributed by atoms with Gasteiger partial charge in [0.1, 0.15) is 0 Å². The molecule has 0 aliphatic carbocycles. The third-order valence-electron chi connectivity index (χ3n) is 2.87. The fourth-order valence-electron chi connectivity index (χ4n) is 1.50. The summed E-state index contributed by atoms with van der Waals surface area (Å²) in [5.41, 5.74) is 6.65. The number of halogens is 1. The highest BCUT2D eigenvalue weighted by Gasteiger charge is 2.10. The Bertz CT molecular complexity index is 435. The zero-order chi connectivity index (χ0) is 14.4. The number of rotatable bonds is 6. The first kappa shape index (κ1) is 15.4. The van der Waals surface area contributed by atoms with Crippen LogP contribution in [-0.4, -0.2) is 37.6 Å². The molecule has 0 spiro atoms. The van der Waals surface area contributed by atoms with Gasteiger partial charge in [0.05, 0.1) is 0 Å². The zero-order valence-corrected chi connectivity index (χ0v) is 11.6. The lowest BCUT2D eigenvalue weighted by Gasteiger charge is -2.13. The number of amides is 1. The number of hydrogen-bond acceptors (Lipinski definition) is 3. The van der Waals surface area contributed by atoms with Crippen LogP contribution in [0.2, 0.25) is 0 Å². The van der Waals surface area contributed by atoms with Crippen molar-refractivity contribution < 1.29 is 13.9 Å². The van der Waals surface area contributed by atoms with Crippen molar-refractivity contribution in [3.8, 4) is 5.75 Å². The summed E-state index contributed by atoms with van der Waals surface area (Å²) in [6.45, 7) is 1.82. The molecule has 4 nitrogen and oxygen atoms in total. The monoisotopic (exact) mass is 268 g/mol. The second-order valence-corrected chi connectivity index (χ2v) is 4.71. The van der Waals surface area contributed by atoms with Crippen LogP contribution in [0.4, 0.5) is 4.39 Å². The smallest absolute Gasteiger partial charge is 0.259 e. The Hall–Kier alpha value is -1.62. The van der Waals surface area contributed by atoms with E-state index in [2.05, 4.69) is 0 Å². The fourth-order valence-corrected chi connectivity index (χ4v) is 1.50. The maximum atomic E-state index is 13.8. The minimum absolute atomic E-state index is 0.0292. The van der Waals surface area contributed by atoms with E-state index in [4.69, 9.17) is 10.5 Å². The molecule has 0 aromatic heterocycles. The first-order chi connectivity index (χ1) is 8.93. The third-order valence-corrected chi connectivity index (χ3v) is 2.87. The molecular weight excluding hydrogens is 247 g/mol. The summed E-state index contributed by atoms with van der Waals surface area (Å²) in [5, 5.41) is 0. The van der Waals surface area contributed by atoms with Gasteiger partial charge in [0.15, 0.2) is 18.2 Å². The molecule has 106 valence electrons. The van der Waals surface area contributed by atoms with Gasteiger partial charge < -0.3 is 15.4 Å². The van der Waals surface area contributed by atoms with E-state index in [0.717, 1.165) is 12.0 Å². The Morgan fingerprint density at radius 1 is 1.47 bits per heavy atom. The van der Waals surface area contributed by atoms with Crippen molar-refractivity contribution in [2.24, 2.45) is 5.73 Å². The Morgan fingerprint density at radius 3 is 2.68 bits per heavy atom. The predicted octanol–water partition coefficient (Wildman–Crippen LogP) is 1.57. The van der Waals surface area contributed by atoms with Gasteiger partial charge in [-0.05, 0) is 30.5 Å². The molecule has 0 aliphatic heterocycles. The maximum absolute atomic E-state index is 13.8. The van der Waals surface area contributed by atoms with Crippen LogP contribution in [-0.2, 0) is 11.2 Å². The largest absolute Gasteiger partial charge is 0.481 e. The predicted molar refractivity (Wildman–Crippen MR) is 72.6 cm³/mol. The van der Waals surface area contributed by atoms with Crippen molar-refractivity contribution in [1.29, 1.82) is 0 Å². The van der Waals surface area contributed by atoms with E-state index >= 15 is 0 Å². The standard InChI is InChI=1S/C14H21FN2O2/c1-4-11(16)7-10-5-6-13(12(15)8-10)19-9-14(18)17(2)3/h5-6,8,11H,4,7,9,16H2,1-3H3. The molecule has 0 aliphatic rings. The van der Waals surface area contributed by atoms with E-state index in [1.807, 2.05) is 6.92 Å². The molecule has 19 heavy (non-hydrogen) atoms. The first-order valence-electron chi connectivity index (χ1n) is 6.31. The Balaban J connectivity index is 2.64. The molecule has 1 aromatic rings. The molecular formula is C14H21FN2O2. The van der Waals surface area contributed by atoms with E-state index in [0.29, 0.717) is 6.42 Å². The summed E-state index contributed by atoms with van der Waals surface area (Å²) < 4.78 is 18.9. The lowest BCUT2D eigenvalue weighted by atomic mass is 10.0. The number of carbonyl (C=O) groups is 1. The summed E-state index contributed by atoms with van der Waals surface area (Å²) in [7, 11) is 3.24. The Kier molecular flexibility index (Phi) is 5.76. The minimum atomic E-state index is -0.465. The van der Waals surface area contributed by atoms with E-state index in [1.165, 1.54) is 17.0 Å². The second-order valence-electron chi connectivity index (χ2n) is 4.71. The number of benzene rings is 1. The van der Waals surface area contributed by atoms with Gasteiger partial charge in [-0.15, -0.1) is 0 Å². The van der Waals surface area contributed by atoms with Crippen molar-refractivity contribution in [3.05, 3.63) is 29.6 Å². The molecule has 1 unspecified atom stereocenters. The number of nitrogens with two attached hydrogens (primary N) is 1. The molecule has 2 N–H and O–H groups in total. The number of hydrogen-bond donors (Lipinski definition) is 1. The van der Waals surface area contributed by atoms with Crippen LogP contribution in [0.15, 0.2) is 18.2 Å². The van der Waals surface area contributed by atoms with E-state index in [9.17, 15) is 9.18 Å². The molecule has 0 saturated carbocycles. The average Bonchev–Trinajstić information content (AvgIpc) is 2.37. The van der Waals surface area contributed by atoms with Gasteiger partial charge in [-0.3, -0.25) is 4.79 Å². The summed E-state index contributed by atoms with van der Waals surface area (Å²) in [5.74, 6) is -0.590. The molecule has 0 heterocycles. The maximum Gasteiger partial charge on any atom is 0.259 e. The van der Waals surface area contributed by atoms with Crippen LogP contribution in [0.5, 0.6) is 5.75 Å². The van der Waals surface area contributed by atoms with Crippen molar-refractivity contribution in [1.82, 2.24) is 4.90 Å². The van der Waals surface area contributed by atoms with Crippen molar-refractivity contribution in [2.75, 3.05) is 20.7 Å². The quantitative estimate of drug-likeness (QED) is 0.852.